The van der Waals surface area contributed by atoms with Crippen LogP contribution in [0.1, 0.15) is 22.4 Å². The lowest BCUT2D eigenvalue weighted by molar-refractivity contribution is 0.685. The summed E-state index contributed by atoms with van der Waals surface area (Å²) in [4.78, 5) is 2.57. The molecule has 0 aliphatic carbocycles. The Labute approximate surface area is 365 Å². The molecule has 2 nitrogen and oxygen atoms in total. The normalized spacial score (nSPS) is 12.9. The molecule has 2 heterocycles. The largest absolute Gasteiger partial charge is 0.316 e. The molecule has 0 amide bonds. The fourth-order valence-electron chi connectivity index (χ4n) is 10.4. The monoisotopic (exact) mass is 808 g/mol. The number of nitrogens with zero attached hydrogens (tertiary/aromatic N) is 2. The molecule has 0 spiro atoms. The number of benzene rings is 9. The van der Waals surface area contributed by atoms with Crippen LogP contribution in [0.15, 0.2) is 267 Å². The van der Waals surface area contributed by atoms with Gasteiger partial charge in [-0.25, -0.2) is 0 Å². The van der Waals surface area contributed by atoms with Gasteiger partial charge in [0.1, 0.15) is 0 Å². The third-order valence-electron chi connectivity index (χ3n) is 12.8. The fraction of sp³-hybridized carbons (Fsp3) is 0.0169. The molecule has 0 N–H and O–H groups in total. The zero-order chi connectivity index (χ0) is 41.4. The molecule has 3 heteroatoms. The lowest BCUT2D eigenvalue weighted by Gasteiger charge is -2.46. The maximum atomic E-state index is 2.72. The zero-order valence-corrected chi connectivity index (χ0v) is 35.3. The van der Waals surface area contributed by atoms with Crippen molar-refractivity contribution in [2.24, 2.45) is 0 Å². The first-order valence-corrected chi connectivity index (χ1v) is 23.5. The van der Waals surface area contributed by atoms with E-state index >= 15 is 0 Å². The Bertz CT molecular complexity index is 2950. The minimum absolute atomic E-state index is 0.776. The number of hydrogen-bond acceptors (Lipinski definition) is 1. The van der Waals surface area contributed by atoms with Crippen LogP contribution in [0.2, 0.25) is 0 Å². The number of rotatable bonds is 9. The van der Waals surface area contributed by atoms with E-state index in [9.17, 15) is 0 Å². The van der Waals surface area contributed by atoms with Gasteiger partial charge in [0.25, 0.3) is 0 Å². The average Bonchev–Trinajstić information content (AvgIpc) is 3.72. The van der Waals surface area contributed by atoms with Crippen LogP contribution in [0.4, 0.5) is 17.1 Å². The summed E-state index contributed by atoms with van der Waals surface area (Å²) in [5.41, 5.74) is 11.0. The molecule has 0 radical (unpaired) electrons. The third kappa shape index (κ3) is 5.70. The van der Waals surface area contributed by atoms with Crippen molar-refractivity contribution in [1.29, 1.82) is 0 Å². The van der Waals surface area contributed by atoms with Crippen molar-refractivity contribution in [1.82, 2.24) is 4.57 Å². The van der Waals surface area contributed by atoms with Gasteiger partial charge < -0.3 is 9.47 Å². The smallest absolute Gasteiger partial charge is 0.200 e. The molecule has 0 saturated heterocycles. The molecule has 11 rings (SSSR count). The Hall–Kier alpha value is -7.72. The molecule has 0 unspecified atom stereocenters. The van der Waals surface area contributed by atoms with Crippen molar-refractivity contribution >= 4 is 46.0 Å². The summed E-state index contributed by atoms with van der Waals surface area (Å²) in [6.45, 7) is 0. The molecule has 294 valence electrons. The van der Waals surface area contributed by atoms with Crippen LogP contribution < -0.4 is 25.8 Å². The van der Waals surface area contributed by atoms with E-state index in [1.165, 1.54) is 60.1 Å². The molecule has 62 heavy (non-hydrogen) atoms. The molecule has 0 atom stereocenters. The van der Waals surface area contributed by atoms with Crippen LogP contribution in [-0.4, -0.2) is 12.6 Å². The molecule has 1 aliphatic rings. The average molecular weight is 809 g/mol. The first-order chi connectivity index (χ1) is 30.8. The van der Waals surface area contributed by atoms with Crippen molar-refractivity contribution in [3.8, 4) is 16.8 Å². The quantitative estimate of drug-likeness (QED) is 0.104. The van der Waals surface area contributed by atoms with Crippen LogP contribution in [0.25, 0.3) is 16.8 Å². The summed E-state index contributed by atoms with van der Waals surface area (Å²) < 4.78 is 2.72. The summed E-state index contributed by atoms with van der Waals surface area (Å²) in [5, 5.41) is 5.25. The Balaban J connectivity index is 1.50. The maximum Gasteiger partial charge on any atom is 0.200 e. The fourth-order valence-corrected chi connectivity index (χ4v) is 15.5. The third-order valence-corrected chi connectivity index (χ3v) is 17.5. The van der Waals surface area contributed by atoms with E-state index in [4.69, 9.17) is 0 Å². The van der Waals surface area contributed by atoms with E-state index in [1.54, 1.807) is 0 Å². The molecule has 9 aromatic carbocycles. The van der Waals surface area contributed by atoms with Crippen molar-refractivity contribution in [2.75, 3.05) is 4.90 Å². The standard InChI is InChI=1S/C59H44N2Si/c1-9-27-45(28-10-1)55-56-57(59(46-29-11-2-12-30-46,47-31-13-3-14-32-47)53-43-25-26-44-54(53)60(56)48-33-15-4-16-34-48)61(49-35-17-5-18-36-49)58(55)62(50-37-19-6-20-38-50,51-39-21-7-22-40-51)52-41-23-8-24-42-52/h1-44H. The lowest BCUT2D eigenvalue weighted by Crippen LogP contribution is -2.76. The van der Waals surface area contributed by atoms with E-state index in [0.29, 0.717) is 0 Å². The van der Waals surface area contributed by atoms with E-state index < -0.39 is 13.5 Å². The van der Waals surface area contributed by atoms with Gasteiger partial charge in [0.05, 0.1) is 22.5 Å². The Morgan fingerprint density at radius 3 is 1.18 bits per heavy atom. The van der Waals surface area contributed by atoms with Crippen molar-refractivity contribution in [3.63, 3.8) is 0 Å². The Kier molecular flexibility index (Phi) is 9.45. The highest BCUT2D eigenvalue weighted by Gasteiger charge is 2.55. The second kappa shape index (κ2) is 15.7. The Morgan fingerprint density at radius 1 is 0.339 bits per heavy atom. The van der Waals surface area contributed by atoms with Crippen LogP contribution >= 0.6 is 0 Å². The van der Waals surface area contributed by atoms with Crippen LogP contribution in [0.5, 0.6) is 0 Å². The Morgan fingerprint density at radius 2 is 0.710 bits per heavy atom. The molecule has 10 aromatic rings. The second-order valence-electron chi connectivity index (χ2n) is 16.0. The predicted octanol–water partition coefficient (Wildman–Crippen LogP) is 11.7. The summed E-state index contributed by atoms with van der Waals surface area (Å²) in [7, 11) is -3.33. The SMILES string of the molecule is c1ccc(-c2c3c(n(-c4ccccc4)c2[Si](c2ccccc2)(c2ccccc2)c2ccccc2)C(c2ccccc2)(c2ccccc2)c2ccccc2N3c2ccccc2)cc1. The van der Waals surface area contributed by atoms with Gasteiger partial charge in [-0.1, -0.05) is 237 Å². The van der Waals surface area contributed by atoms with Gasteiger partial charge in [0.2, 0.25) is 8.07 Å². The van der Waals surface area contributed by atoms with E-state index in [2.05, 4.69) is 276 Å². The molecule has 0 bridgehead atoms. The lowest BCUT2D eigenvalue weighted by atomic mass is 9.64. The summed E-state index contributed by atoms with van der Waals surface area (Å²) in [6, 6.07) is 99.1. The van der Waals surface area contributed by atoms with Gasteiger partial charge >= 0.3 is 0 Å². The van der Waals surface area contributed by atoms with E-state index in [1.807, 2.05) is 0 Å². The van der Waals surface area contributed by atoms with Gasteiger partial charge in [0, 0.05) is 22.3 Å². The number of hydrogen-bond donors (Lipinski definition) is 0. The van der Waals surface area contributed by atoms with Gasteiger partial charge in [-0.05, 0) is 68.1 Å². The molecule has 1 aliphatic heterocycles. The van der Waals surface area contributed by atoms with E-state index in [0.717, 1.165) is 17.1 Å². The molecule has 0 saturated carbocycles. The highest BCUT2D eigenvalue weighted by atomic mass is 28.3. The van der Waals surface area contributed by atoms with Crippen LogP contribution in [0.3, 0.4) is 0 Å². The number of aromatic nitrogens is 1. The second-order valence-corrected chi connectivity index (χ2v) is 19.7. The molecule has 0 fully saturated rings. The predicted molar refractivity (Wildman–Crippen MR) is 261 cm³/mol. The van der Waals surface area contributed by atoms with Crippen LogP contribution in [-0.2, 0) is 5.41 Å². The van der Waals surface area contributed by atoms with Crippen molar-refractivity contribution in [3.05, 3.63) is 289 Å². The zero-order valence-electron chi connectivity index (χ0n) is 34.3. The minimum Gasteiger partial charge on any atom is -0.316 e. The number of fused-ring (bicyclic) bond motifs is 2. The highest BCUT2D eigenvalue weighted by molar-refractivity contribution is 7.20. The first kappa shape index (κ1) is 37.3. The van der Waals surface area contributed by atoms with Crippen molar-refractivity contribution in [2.45, 2.75) is 5.41 Å². The van der Waals surface area contributed by atoms with Gasteiger partial charge in [0.15, 0.2) is 0 Å². The summed E-state index contributed by atoms with van der Waals surface area (Å²) in [6.07, 6.45) is 0. The molecular weight excluding hydrogens is 765 g/mol. The van der Waals surface area contributed by atoms with E-state index in [-0.39, 0.29) is 0 Å². The van der Waals surface area contributed by atoms with Crippen molar-refractivity contribution < 1.29 is 0 Å². The highest BCUT2D eigenvalue weighted by Crippen LogP contribution is 2.60. The summed E-state index contributed by atoms with van der Waals surface area (Å²) >= 11 is 0. The van der Waals surface area contributed by atoms with Crippen LogP contribution in [0, 0.1) is 0 Å². The summed E-state index contributed by atoms with van der Waals surface area (Å²) in [5.74, 6) is 0. The topological polar surface area (TPSA) is 8.17 Å². The van der Waals surface area contributed by atoms with Gasteiger partial charge in [-0.15, -0.1) is 0 Å². The minimum atomic E-state index is -3.33. The molecule has 1 aromatic heterocycles. The maximum absolute atomic E-state index is 3.33. The molecular formula is C59H44N2Si. The first-order valence-electron chi connectivity index (χ1n) is 21.5. The number of anilines is 3. The van der Waals surface area contributed by atoms with Gasteiger partial charge in [-0.3, -0.25) is 0 Å². The van der Waals surface area contributed by atoms with Gasteiger partial charge in [-0.2, -0.15) is 0 Å². The number of para-hydroxylation sites is 3.